The standard InChI is InChI=1S/C17H22N2O3S/c1-11-15(19-17(22-11)13-6-7-23-10-13)8-16(21)18-14-4-2-12(9-20)3-5-14/h6-7,10,12,14,20H,2-5,8-9H2,1H3,(H,18,21). The highest BCUT2D eigenvalue weighted by Crippen LogP contribution is 2.25. The predicted molar refractivity (Wildman–Crippen MR) is 89.2 cm³/mol. The lowest BCUT2D eigenvalue weighted by atomic mass is 9.86. The molecule has 0 atom stereocenters. The van der Waals surface area contributed by atoms with E-state index < -0.39 is 0 Å². The van der Waals surface area contributed by atoms with E-state index in [0.717, 1.165) is 31.2 Å². The third kappa shape index (κ3) is 4.00. The lowest BCUT2D eigenvalue weighted by Gasteiger charge is -2.27. The van der Waals surface area contributed by atoms with Gasteiger partial charge in [-0.25, -0.2) is 4.98 Å². The number of aliphatic hydroxyl groups excluding tert-OH is 1. The smallest absolute Gasteiger partial charge is 0.227 e. The van der Waals surface area contributed by atoms with Crippen molar-refractivity contribution in [1.82, 2.24) is 10.3 Å². The predicted octanol–water partition coefficient (Wildman–Crippen LogP) is 2.92. The Kier molecular flexibility index (Phi) is 5.13. The van der Waals surface area contributed by atoms with Crippen LogP contribution in [0, 0.1) is 12.8 Å². The number of nitrogens with zero attached hydrogens (tertiary/aromatic N) is 1. The lowest BCUT2D eigenvalue weighted by molar-refractivity contribution is -0.121. The molecular weight excluding hydrogens is 312 g/mol. The number of thiophene rings is 1. The summed E-state index contributed by atoms with van der Waals surface area (Å²) in [6.45, 7) is 2.10. The van der Waals surface area contributed by atoms with Gasteiger partial charge < -0.3 is 14.8 Å². The molecule has 1 aliphatic rings. The number of aryl methyl sites for hydroxylation is 1. The highest BCUT2D eigenvalue weighted by molar-refractivity contribution is 7.08. The average Bonchev–Trinajstić information content (AvgIpc) is 3.18. The van der Waals surface area contributed by atoms with E-state index in [0.29, 0.717) is 23.3 Å². The minimum absolute atomic E-state index is 0.00860. The second-order valence-corrected chi connectivity index (χ2v) is 6.96. The number of aromatic nitrogens is 1. The molecule has 0 spiro atoms. The second-order valence-electron chi connectivity index (χ2n) is 6.18. The fourth-order valence-electron chi connectivity index (χ4n) is 3.02. The van der Waals surface area contributed by atoms with Gasteiger partial charge in [0.1, 0.15) is 5.76 Å². The summed E-state index contributed by atoms with van der Waals surface area (Å²) in [5, 5.41) is 16.2. The first-order chi connectivity index (χ1) is 11.2. The molecule has 0 bridgehead atoms. The zero-order chi connectivity index (χ0) is 16.2. The Balaban J connectivity index is 1.56. The molecule has 2 aromatic heterocycles. The molecular formula is C17H22N2O3S. The van der Waals surface area contributed by atoms with Crippen LogP contribution < -0.4 is 5.32 Å². The van der Waals surface area contributed by atoms with Crippen molar-refractivity contribution in [1.29, 1.82) is 0 Å². The summed E-state index contributed by atoms with van der Waals surface area (Å²) in [6, 6.07) is 2.17. The maximum Gasteiger partial charge on any atom is 0.227 e. The first kappa shape index (κ1) is 16.2. The molecule has 1 saturated carbocycles. The molecule has 6 heteroatoms. The molecule has 1 amide bonds. The monoisotopic (exact) mass is 334 g/mol. The van der Waals surface area contributed by atoms with Crippen LogP contribution in [0.1, 0.15) is 37.1 Å². The molecule has 0 aromatic carbocycles. The van der Waals surface area contributed by atoms with Crippen molar-refractivity contribution in [2.45, 2.75) is 45.1 Å². The van der Waals surface area contributed by atoms with Gasteiger partial charge in [0.2, 0.25) is 11.8 Å². The average molecular weight is 334 g/mol. The topological polar surface area (TPSA) is 75.4 Å². The molecule has 0 aliphatic heterocycles. The van der Waals surface area contributed by atoms with E-state index in [-0.39, 0.29) is 25.0 Å². The van der Waals surface area contributed by atoms with Crippen LogP contribution in [-0.4, -0.2) is 28.6 Å². The van der Waals surface area contributed by atoms with Crippen molar-refractivity contribution in [3.63, 3.8) is 0 Å². The largest absolute Gasteiger partial charge is 0.441 e. The van der Waals surface area contributed by atoms with Crippen LogP contribution in [0.3, 0.4) is 0 Å². The van der Waals surface area contributed by atoms with Crippen LogP contribution in [0.2, 0.25) is 0 Å². The zero-order valence-corrected chi connectivity index (χ0v) is 14.1. The van der Waals surface area contributed by atoms with Crippen molar-refractivity contribution in [3.05, 3.63) is 28.3 Å². The SMILES string of the molecule is Cc1oc(-c2ccsc2)nc1CC(=O)NC1CCC(CO)CC1. The number of aliphatic hydroxyl groups is 1. The van der Waals surface area contributed by atoms with E-state index in [1.165, 1.54) is 0 Å². The number of carbonyl (C=O) groups excluding carboxylic acids is 1. The Bertz CT molecular complexity index is 643. The molecule has 5 nitrogen and oxygen atoms in total. The first-order valence-electron chi connectivity index (χ1n) is 8.04. The van der Waals surface area contributed by atoms with Crippen molar-refractivity contribution in [2.24, 2.45) is 5.92 Å². The molecule has 1 fully saturated rings. The highest BCUT2D eigenvalue weighted by atomic mass is 32.1. The van der Waals surface area contributed by atoms with E-state index in [2.05, 4.69) is 10.3 Å². The van der Waals surface area contributed by atoms with E-state index >= 15 is 0 Å². The Morgan fingerprint density at radius 3 is 2.87 bits per heavy atom. The maximum atomic E-state index is 12.2. The number of amides is 1. The minimum Gasteiger partial charge on any atom is -0.441 e. The number of oxazole rings is 1. The molecule has 2 N–H and O–H groups in total. The van der Waals surface area contributed by atoms with Crippen molar-refractivity contribution in [2.75, 3.05) is 6.61 Å². The molecule has 2 aromatic rings. The van der Waals surface area contributed by atoms with Crippen LogP contribution in [0.25, 0.3) is 11.5 Å². The lowest BCUT2D eigenvalue weighted by Crippen LogP contribution is -2.39. The normalized spacial score (nSPS) is 21.3. The fraction of sp³-hybridized carbons (Fsp3) is 0.529. The Morgan fingerprint density at radius 1 is 1.43 bits per heavy atom. The molecule has 23 heavy (non-hydrogen) atoms. The summed E-state index contributed by atoms with van der Waals surface area (Å²) in [4.78, 5) is 16.7. The first-order valence-corrected chi connectivity index (χ1v) is 8.99. The van der Waals surface area contributed by atoms with Crippen LogP contribution in [0.15, 0.2) is 21.2 Å². The molecule has 0 radical (unpaired) electrons. The van der Waals surface area contributed by atoms with Crippen molar-refractivity contribution < 1.29 is 14.3 Å². The maximum absolute atomic E-state index is 12.2. The Morgan fingerprint density at radius 2 is 2.22 bits per heavy atom. The summed E-state index contributed by atoms with van der Waals surface area (Å²) < 4.78 is 5.67. The van der Waals surface area contributed by atoms with E-state index in [9.17, 15) is 4.79 Å². The molecule has 124 valence electrons. The van der Waals surface area contributed by atoms with Gasteiger partial charge in [-0.15, -0.1) is 0 Å². The third-order valence-corrected chi connectivity index (χ3v) is 5.14. The van der Waals surface area contributed by atoms with Crippen molar-refractivity contribution >= 4 is 17.2 Å². The van der Waals surface area contributed by atoms with Gasteiger partial charge >= 0.3 is 0 Å². The number of carbonyl (C=O) groups is 1. The summed E-state index contributed by atoms with van der Waals surface area (Å²) >= 11 is 1.59. The van der Waals surface area contributed by atoms with E-state index in [4.69, 9.17) is 9.52 Å². The van der Waals surface area contributed by atoms with Gasteiger partial charge in [-0.05, 0) is 50.0 Å². The number of hydrogen-bond acceptors (Lipinski definition) is 5. The molecule has 3 rings (SSSR count). The van der Waals surface area contributed by atoms with Gasteiger partial charge in [0, 0.05) is 23.6 Å². The van der Waals surface area contributed by atoms with Crippen LogP contribution >= 0.6 is 11.3 Å². The molecule has 2 heterocycles. The molecule has 0 saturated heterocycles. The van der Waals surface area contributed by atoms with Gasteiger partial charge in [0.15, 0.2) is 0 Å². The van der Waals surface area contributed by atoms with E-state index in [1.54, 1.807) is 11.3 Å². The molecule has 1 aliphatic carbocycles. The second kappa shape index (κ2) is 7.27. The van der Waals surface area contributed by atoms with Gasteiger partial charge in [0.05, 0.1) is 12.1 Å². The minimum atomic E-state index is -0.00860. The van der Waals surface area contributed by atoms with Gasteiger partial charge in [-0.3, -0.25) is 4.79 Å². The quantitative estimate of drug-likeness (QED) is 0.881. The van der Waals surface area contributed by atoms with Gasteiger partial charge in [-0.1, -0.05) is 0 Å². The van der Waals surface area contributed by atoms with Gasteiger partial charge in [-0.2, -0.15) is 11.3 Å². The Labute approximate surface area is 139 Å². The number of rotatable bonds is 5. The number of nitrogens with one attached hydrogen (secondary N) is 1. The summed E-state index contributed by atoms with van der Waals surface area (Å²) in [6.07, 6.45) is 4.09. The number of hydrogen-bond donors (Lipinski definition) is 2. The van der Waals surface area contributed by atoms with Crippen LogP contribution in [-0.2, 0) is 11.2 Å². The van der Waals surface area contributed by atoms with Crippen molar-refractivity contribution in [3.8, 4) is 11.5 Å². The van der Waals surface area contributed by atoms with Crippen LogP contribution in [0.4, 0.5) is 0 Å². The molecule has 0 unspecified atom stereocenters. The van der Waals surface area contributed by atoms with Crippen LogP contribution in [0.5, 0.6) is 0 Å². The summed E-state index contributed by atoms with van der Waals surface area (Å²) in [5.41, 5.74) is 1.65. The van der Waals surface area contributed by atoms with E-state index in [1.807, 2.05) is 23.8 Å². The third-order valence-electron chi connectivity index (χ3n) is 4.46. The zero-order valence-electron chi connectivity index (χ0n) is 13.2. The Hall–Kier alpha value is -1.66. The highest BCUT2D eigenvalue weighted by Gasteiger charge is 2.23. The summed E-state index contributed by atoms with van der Waals surface area (Å²) in [5.74, 6) is 1.67. The summed E-state index contributed by atoms with van der Waals surface area (Å²) in [7, 11) is 0. The van der Waals surface area contributed by atoms with Gasteiger partial charge in [0.25, 0.3) is 0 Å². The fourth-order valence-corrected chi connectivity index (χ4v) is 3.65.